The molecule has 69 valence electrons. The molecule has 0 spiro atoms. The molecule has 0 aliphatic carbocycles. The lowest BCUT2D eigenvalue weighted by Gasteiger charge is -2.05. The molecule has 0 saturated heterocycles. The minimum atomic E-state index is -1.53. The second-order valence-electron chi connectivity index (χ2n) is 3.08. The van der Waals surface area contributed by atoms with Crippen LogP contribution in [-0.2, 0) is 5.11 Å². The maximum Gasteiger partial charge on any atom is 0.555 e. The van der Waals surface area contributed by atoms with E-state index in [1.165, 1.54) is 0 Å². The highest BCUT2D eigenvalue weighted by molar-refractivity contribution is 5.60. The van der Waals surface area contributed by atoms with Crippen LogP contribution in [0.2, 0.25) is 0 Å². The Hall–Kier alpha value is -1.51. The highest BCUT2D eigenvalue weighted by Crippen LogP contribution is 2.18. The average molecular weight is 179 g/mol. The molecule has 0 bridgehead atoms. The van der Waals surface area contributed by atoms with E-state index in [1.807, 2.05) is 12.1 Å². The van der Waals surface area contributed by atoms with E-state index in [-0.39, 0.29) is 0 Å². The van der Waals surface area contributed by atoms with E-state index in [0.29, 0.717) is 11.7 Å². The molecule has 3 heteroatoms. The van der Waals surface area contributed by atoms with E-state index in [0.717, 1.165) is 5.56 Å². The molecule has 1 aromatic rings. The monoisotopic (exact) mass is 179 g/mol. The van der Waals surface area contributed by atoms with Crippen molar-refractivity contribution in [2.45, 2.75) is 19.8 Å². The molecule has 0 amide bonds. The maximum atomic E-state index is 10.1. The molecule has 1 aromatic carbocycles. The van der Waals surface area contributed by atoms with Gasteiger partial charge >= 0.3 is 6.16 Å². The average Bonchev–Trinajstić information content (AvgIpc) is 2.04. The fourth-order valence-electron chi connectivity index (χ4n) is 1.02. The molecule has 1 rings (SSSR count). The molecule has 0 aromatic heterocycles. The van der Waals surface area contributed by atoms with Gasteiger partial charge in [0.25, 0.3) is 0 Å². The van der Waals surface area contributed by atoms with Crippen molar-refractivity contribution in [1.82, 2.24) is 0 Å². The van der Waals surface area contributed by atoms with Gasteiger partial charge in [-0.3, -0.25) is 0 Å². The van der Waals surface area contributed by atoms with E-state index < -0.39 is 6.16 Å². The van der Waals surface area contributed by atoms with Crippen molar-refractivity contribution in [1.29, 1.82) is 0 Å². The standard InChI is InChI=1S/C10H11O3/c1-7(2)8-3-5-9(6-4-8)13-10(11)12/h3-7H,1-2H3. The Kier molecular flexibility index (Phi) is 2.90. The van der Waals surface area contributed by atoms with Crippen molar-refractivity contribution in [3.8, 4) is 5.75 Å². The summed E-state index contributed by atoms with van der Waals surface area (Å²) < 4.78 is 4.35. The van der Waals surface area contributed by atoms with Gasteiger partial charge in [-0.15, -0.1) is 0 Å². The molecule has 0 heterocycles. The summed E-state index contributed by atoms with van der Waals surface area (Å²) in [5, 5.41) is 10.1. The summed E-state index contributed by atoms with van der Waals surface area (Å²) in [6.45, 7) is 4.13. The van der Waals surface area contributed by atoms with Crippen LogP contribution in [0.4, 0.5) is 4.79 Å². The van der Waals surface area contributed by atoms with E-state index in [1.54, 1.807) is 12.1 Å². The van der Waals surface area contributed by atoms with Crippen LogP contribution in [0.15, 0.2) is 24.3 Å². The lowest BCUT2D eigenvalue weighted by atomic mass is 10.0. The van der Waals surface area contributed by atoms with Crippen LogP contribution in [0, 0.1) is 0 Å². The number of hydrogen-bond donors (Lipinski definition) is 0. The predicted molar refractivity (Wildman–Crippen MR) is 47.2 cm³/mol. The van der Waals surface area contributed by atoms with Gasteiger partial charge in [0.2, 0.25) is 0 Å². The zero-order valence-corrected chi connectivity index (χ0v) is 7.61. The van der Waals surface area contributed by atoms with Gasteiger partial charge in [-0.25, -0.2) is 0 Å². The molecule has 0 fully saturated rings. The quantitative estimate of drug-likeness (QED) is 0.517. The van der Waals surface area contributed by atoms with Crippen LogP contribution in [0.3, 0.4) is 0 Å². The zero-order valence-electron chi connectivity index (χ0n) is 7.61. The van der Waals surface area contributed by atoms with Crippen molar-refractivity contribution in [2.75, 3.05) is 0 Å². The van der Waals surface area contributed by atoms with Gasteiger partial charge in [-0.05, 0) is 23.6 Å². The third-order valence-electron chi connectivity index (χ3n) is 1.75. The normalized spacial score (nSPS) is 10.1. The molecule has 0 aliphatic heterocycles. The number of benzene rings is 1. The first-order valence-electron chi connectivity index (χ1n) is 4.08. The molecule has 3 nitrogen and oxygen atoms in total. The Labute approximate surface area is 77.0 Å². The van der Waals surface area contributed by atoms with Gasteiger partial charge < -0.3 is 4.74 Å². The Morgan fingerprint density at radius 2 is 1.77 bits per heavy atom. The molecule has 0 saturated carbocycles. The Morgan fingerprint density at radius 3 is 2.15 bits per heavy atom. The Bertz CT molecular complexity index is 288. The SMILES string of the molecule is CC(C)c1ccc(OC([O])=O)cc1. The summed E-state index contributed by atoms with van der Waals surface area (Å²) in [6, 6.07) is 6.90. The molecule has 0 aliphatic rings. The van der Waals surface area contributed by atoms with E-state index in [9.17, 15) is 9.90 Å². The van der Waals surface area contributed by atoms with E-state index >= 15 is 0 Å². The second kappa shape index (κ2) is 3.94. The van der Waals surface area contributed by atoms with Crippen LogP contribution in [0.1, 0.15) is 25.3 Å². The Morgan fingerprint density at radius 1 is 1.23 bits per heavy atom. The predicted octanol–water partition coefficient (Wildman–Crippen LogP) is 2.74. The van der Waals surface area contributed by atoms with Gasteiger partial charge in [-0.1, -0.05) is 26.0 Å². The molecule has 0 atom stereocenters. The fourth-order valence-corrected chi connectivity index (χ4v) is 1.02. The number of ether oxygens (including phenoxy) is 1. The molecule has 13 heavy (non-hydrogen) atoms. The summed E-state index contributed by atoms with van der Waals surface area (Å²) in [7, 11) is 0. The van der Waals surface area contributed by atoms with Crippen molar-refractivity contribution in [2.24, 2.45) is 0 Å². The first-order valence-corrected chi connectivity index (χ1v) is 4.08. The number of carbonyl (C=O) groups is 1. The first-order chi connectivity index (χ1) is 6.09. The molecule has 0 unspecified atom stereocenters. The van der Waals surface area contributed by atoms with E-state index in [4.69, 9.17) is 0 Å². The third-order valence-corrected chi connectivity index (χ3v) is 1.75. The first kappa shape index (κ1) is 9.58. The number of carbonyl (C=O) groups excluding carboxylic acids is 1. The Balaban J connectivity index is 2.75. The van der Waals surface area contributed by atoms with E-state index in [2.05, 4.69) is 18.6 Å². The molecule has 0 N–H and O–H groups in total. The van der Waals surface area contributed by atoms with Gasteiger partial charge in [-0.2, -0.15) is 9.90 Å². The molecule has 1 radical (unpaired) electrons. The maximum absolute atomic E-state index is 10.1. The van der Waals surface area contributed by atoms with Crippen LogP contribution in [0.25, 0.3) is 0 Å². The topological polar surface area (TPSA) is 46.2 Å². The van der Waals surface area contributed by atoms with Crippen molar-refractivity contribution >= 4 is 6.16 Å². The van der Waals surface area contributed by atoms with Crippen molar-refractivity contribution in [3.05, 3.63) is 29.8 Å². The van der Waals surface area contributed by atoms with Crippen molar-refractivity contribution in [3.63, 3.8) is 0 Å². The van der Waals surface area contributed by atoms with Crippen LogP contribution in [-0.4, -0.2) is 6.16 Å². The lowest BCUT2D eigenvalue weighted by molar-refractivity contribution is 0.117. The lowest BCUT2D eigenvalue weighted by Crippen LogP contribution is -2.01. The molecular weight excluding hydrogens is 168 g/mol. The fraction of sp³-hybridized carbons (Fsp3) is 0.300. The summed E-state index contributed by atoms with van der Waals surface area (Å²) in [5.74, 6) is 0.724. The van der Waals surface area contributed by atoms with Gasteiger partial charge in [0, 0.05) is 0 Å². The smallest absolute Gasteiger partial charge is 0.392 e. The summed E-state index contributed by atoms with van der Waals surface area (Å²) >= 11 is 0. The van der Waals surface area contributed by atoms with Crippen LogP contribution in [0.5, 0.6) is 5.75 Å². The summed E-state index contributed by atoms with van der Waals surface area (Å²) in [6.07, 6.45) is -1.53. The highest BCUT2D eigenvalue weighted by atomic mass is 16.7. The zero-order chi connectivity index (χ0) is 9.84. The summed E-state index contributed by atoms with van der Waals surface area (Å²) in [4.78, 5) is 10.1. The number of rotatable bonds is 2. The highest BCUT2D eigenvalue weighted by Gasteiger charge is 2.03. The van der Waals surface area contributed by atoms with Crippen LogP contribution < -0.4 is 4.74 Å². The van der Waals surface area contributed by atoms with Gasteiger partial charge in [0.05, 0.1) is 0 Å². The van der Waals surface area contributed by atoms with Crippen LogP contribution >= 0.6 is 0 Å². The largest absolute Gasteiger partial charge is 0.555 e. The van der Waals surface area contributed by atoms with Gasteiger partial charge in [0.15, 0.2) is 0 Å². The minimum absolute atomic E-state index is 0.296. The van der Waals surface area contributed by atoms with Crippen molar-refractivity contribution < 1.29 is 14.6 Å². The summed E-state index contributed by atoms with van der Waals surface area (Å²) in [5.41, 5.74) is 1.14. The van der Waals surface area contributed by atoms with Gasteiger partial charge in [0.1, 0.15) is 5.75 Å². The number of hydrogen-bond acceptors (Lipinski definition) is 2. The third kappa shape index (κ3) is 2.78. The second-order valence-corrected chi connectivity index (χ2v) is 3.08. The minimum Gasteiger partial charge on any atom is -0.392 e. The molecular formula is C10H11O3.